The fourth-order valence-electron chi connectivity index (χ4n) is 2.83. The molecule has 3 aromatic rings. The molecule has 0 bridgehead atoms. The van der Waals surface area contributed by atoms with Gasteiger partial charge in [0.05, 0.1) is 5.56 Å². The van der Waals surface area contributed by atoms with Crippen molar-refractivity contribution in [1.29, 1.82) is 0 Å². The summed E-state index contributed by atoms with van der Waals surface area (Å²) in [5.74, 6) is -0.960. The molecule has 4 heteroatoms. The number of carbonyl (C=O) groups excluding carboxylic acids is 1. The van der Waals surface area contributed by atoms with Crippen LogP contribution in [0.1, 0.15) is 27.9 Å². The van der Waals surface area contributed by atoms with Gasteiger partial charge in [-0.2, -0.15) is 0 Å². The Balaban J connectivity index is 1.78. The molecule has 0 radical (unpaired) electrons. The number of ether oxygens (including phenoxy) is 1. The van der Waals surface area contributed by atoms with Gasteiger partial charge < -0.3 is 9.84 Å². The Labute approximate surface area is 158 Å². The number of benzene rings is 3. The lowest BCUT2D eigenvalue weighted by Crippen LogP contribution is -2.28. The SMILES string of the molecule is O=C(c1ccccc1)c1ccccc1OC(CCc1ccccc1)C(=O)O. The zero-order valence-corrected chi connectivity index (χ0v) is 14.7. The molecule has 0 heterocycles. The quantitative estimate of drug-likeness (QED) is 0.606. The standard InChI is InChI=1S/C23H20O4/c24-22(18-11-5-2-6-12-18)19-13-7-8-14-20(19)27-21(23(25)26)16-15-17-9-3-1-4-10-17/h1-14,21H,15-16H2,(H,25,26). The lowest BCUT2D eigenvalue weighted by molar-refractivity contribution is -0.145. The number of hydrogen-bond acceptors (Lipinski definition) is 3. The van der Waals surface area contributed by atoms with Crippen molar-refractivity contribution in [3.63, 3.8) is 0 Å². The van der Waals surface area contributed by atoms with Crippen LogP contribution in [0.3, 0.4) is 0 Å². The smallest absolute Gasteiger partial charge is 0.344 e. The summed E-state index contributed by atoms with van der Waals surface area (Å²) < 4.78 is 5.75. The summed E-state index contributed by atoms with van der Waals surface area (Å²) in [4.78, 5) is 24.4. The van der Waals surface area contributed by atoms with E-state index < -0.39 is 12.1 Å². The van der Waals surface area contributed by atoms with Crippen molar-refractivity contribution in [2.45, 2.75) is 18.9 Å². The van der Waals surface area contributed by atoms with Gasteiger partial charge in [-0.1, -0.05) is 72.8 Å². The largest absolute Gasteiger partial charge is 0.479 e. The Hall–Kier alpha value is -3.40. The molecule has 0 saturated heterocycles. The van der Waals surface area contributed by atoms with Gasteiger partial charge in [-0.05, 0) is 30.5 Å². The van der Waals surface area contributed by atoms with Crippen LogP contribution >= 0.6 is 0 Å². The number of rotatable bonds is 8. The molecule has 4 nitrogen and oxygen atoms in total. The third-order valence-corrected chi connectivity index (χ3v) is 4.25. The number of para-hydroxylation sites is 1. The van der Waals surface area contributed by atoms with Crippen LogP contribution < -0.4 is 4.74 Å². The van der Waals surface area contributed by atoms with Crippen LogP contribution in [0.5, 0.6) is 5.75 Å². The summed E-state index contributed by atoms with van der Waals surface area (Å²) in [6.45, 7) is 0. The monoisotopic (exact) mass is 360 g/mol. The van der Waals surface area contributed by atoms with E-state index in [9.17, 15) is 14.7 Å². The molecule has 1 unspecified atom stereocenters. The molecule has 1 N–H and O–H groups in total. The van der Waals surface area contributed by atoms with Crippen LogP contribution in [-0.4, -0.2) is 23.0 Å². The number of carboxylic acids is 1. The van der Waals surface area contributed by atoms with Crippen molar-refractivity contribution in [1.82, 2.24) is 0 Å². The highest BCUT2D eigenvalue weighted by Crippen LogP contribution is 2.24. The van der Waals surface area contributed by atoms with Gasteiger partial charge in [0.25, 0.3) is 0 Å². The van der Waals surface area contributed by atoms with E-state index in [0.717, 1.165) is 5.56 Å². The predicted molar refractivity (Wildman–Crippen MR) is 103 cm³/mol. The van der Waals surface area contributed by atoms with Crippen LogP contribution in [0.4, 0.5) is 0 Å². The van der Waals surface area contributed by atoms with E-state index in [2.05, 4.69) is 0 Å². The highest BCUT2D eigenvalue weighted by molar-refractivity contribution is 6.10. The second kappa shape index (κ2) is 8.81. The topological polar surface area (TPSA) is 63.6 Å². The number of hydrogen-bond donors (Lipinski definition) is 1. The summed E-state index contributed by atoms with van der Waals surface area (Å²) in [6, 6.07) is 25.3. The summed E-state index contributed by atoms with van der Waals surface area (Å²) in [5.41, 5.74) is 1.93. The molecule has 0 aliphatic rings. The third-order valence-electron chi connectivity index (χ3n) is 4.25. The molecule has 3 aromatic carbocycles. The first-order valence-electron chi connectivity index (χ1n) is 8.77. The van der Waals surface area contributed by atoms with E-state index >= 15 is 0 Å². The van der Waals surface area contributed by atoms with Crippen molar-refractivity contribution in [3.05, 3.63) is 102 Å². The molecule has 1 atom stereocenters. The van der Waals surface area contributed by atoms with Gasteiger partial charge in [0.1, 0.15) is 5.75 Å². The first kappa shape index (κ1) is 18.4. The zero-order chi connectivity index (χ0) is 19.1. The summed E-state index contributed by atoms with van der Waals surface area (Å²) >= 11 is 0. The maximum absolute atomic E-state index is 12.8. The molecule has 0 fully saturated rings. The van der Waals surface area contributed by atoms with Crippen molar-refractivity contribution < 1.29 is 19.4 Å². The van der Waals surface area contributed by atoms with E-state index in [0.29, 0.717) is 24.0 Å². The third kappa shape index (κ3) is 4.82. The average Bonchev–Trinajstić information content (AvgIpc) is 2.72. The normalized spacial score (nSPS) is 11.6. The molecule has 0 spiro atoms. The highest BCUT2D eigenvalue weighted by Gasteiger charge is 2.22. The minimum atomic E-state index is -1.05. The summed E-state index contributed by atoms with van der Waals surface area (Å²) in [6.07, 6.45) is -0.144. The highest BCUT2D eigenvalue weighted by atomic mass is 16.5. The number of aliphatic carboxylic acids is 1. The second-order valence-corrected chi connectivity index (χ2v) is 6.16. The van der Waals surface area contributed by atoms with Crippen LogP contribution in [0.25, 0.3) is 0 Å². The predicted octanol–water partition coefficient (Wildman–Crippen LogP) is 4.38. The van der Waals surface area contributed by atoms with E-state index in [4.69, 9.17) is 4.74 Å². The molecule has 0 aliphatic heterocycles. The second-order valence-electron chi connectivity index (χ2n) is 6.16. The van der Waals surface area contributed by atoms with Crippen molar-refractivity contribution >= 4 is 11.8 Å². The molecule has 27 heavy (non-hydrogen) atoms. The Bertz CT molecular complexity index is 904. The molecular weight excluding hydrogens is 340 g/mol. The van der Waals surface area contributed by atoms with Crippen LogP contribution in [-0.2, 0) is 11.2 Å². The Kier molecular flexibility index (Phi) is 6.00. The van der Waals surface area contributed by atoms with Crippen molar-refractivity contribution in [2.24, 2.45) is 0 Å². The first-order chi connectivity index (χ1) is 13.1. The van der Waals surface area contributed by atoms with Gasteiger partial charge in [-0.25, -0.2) is 4.79 Å². The summed E-state index contributed by atoms with van der Waals surface area (Å²) in [7, 11) is 0. The molecule has 3 rings (SSSR count). The van der Waals surface area contributed by atoms with Crippen LogP contribution in [0, 0.1) is 0 Å². The van der Waals surface area contributed by atoms with E-state index in [1.165, 1.54) is 0 Å². The van der Waals surface area contributed by atoms with Gasteiger partial charge >= 0.3 is 5.97 Å². The van der Waals surface area contributed by atoms with Gasteiger partial charge in [-0.3, -0.25) is 4.79 Å². The Morgan fingerprint density at radius 1 is 0.815 bits per heavy atom. The van der Waals surface area contributed by atoms with Gasteiger partial charge in [-0.15, -0.1) is 0 Å². The maximum Gasteiger partial charge on any atom is 0.344 e. The fourth-order valence-corrected chi connectivity index (χ4v) is 2.83. The first-order valence-corrected chi connectivity index (χ1v) is 8.77. The number of carboxylic acid groups (broad SMARTS) is 1. The van der Waals surface area contributed by atoms with Gasteiger partial charge in [0, 0.05) is 5.56 Å². The Morgan fingerprint density at radius 2 is 1.41 bits per heavy atom. The Morgan fingerprint density at radius 3 is 2.07 bits per heavy atom. The van der Waals surface area contributed by atoms with E-state index in [1.807, 2.05) is 36.4 Å². The number of ketones is 1. The summed E-state index contributed by atoms with van der Waals surface area (Å²) in [5, 5.41) is 9.55. The van der Waals surface area contributed by atoms with Crippen molar-refractivity contribution in [2.75, 3.05) is 0 Å². The van der Waals surface area contributed by atoms with E-state index in [-0.39, 0.29) is 11.5 Å². The molecule has 0 aliphatic carbocycles. The van der Waals surface area contributed by atoms with Crippen molar-refractivity contribution in [3.8, 4) is 5.75 Å². The molecule has 0 saturated carbocycles. The average molecular weight is 360 g/mol. The maximum atomic E-state index is 12.8. The lowest BCUT2D eigenvalue weighted by Gasteiger charge is -2.17. The van der Waals surface area contributed by atoms with Crippen LogP contribution in [0.15, 0.2) is 84.9 Å². The number of aryl methyl sites for hydroxylation is 1. The van der Waals surface area contributed by atoms with Gasteiger partial charge in [0.2, 0.25) is 0 Å². The minimum absolute atomic E-state index is 0.196. The molecule has 0 amide bonds. The fraction of sp³-hybridized carbons (Fsp3) is 0.130. The molecule has 136 valence electrons. The lowest BCUT2D eigenvalue weighted by atomic mass is 10.0. The molecule has 0 aromatic heterocycles. The van der Waals surface area contributed by atoms with Crippen LogP contribution in [0.2, 0.25) is 0 Å². The zero-order valence-electron chi connectivity index (χ0n) is 14.7. The minimum Gasteiger partial charge on any atom is -0.479 e. The molecular formula is C23H20O4. The van der Waals surface area contributed by atoms with E-state index in [1.54, 1.807) is 48.5 Å². The number of carbonyl (C=O) groups is 2. The van der Waals surface area contributed by atoms with Gasteiger partial charge in [0.15, 0.2) is 11.9 Å².